The molecule has 1 aromatic heterocycles. The van der Waals surface area contributed by atoms with Crippen LogP contribution in [-0.2, 0) is 4.79 Å². The highest BCUT2D eigenvalue weighted by Crippen LogP contribution is 2.34. The molecule has 0 spiro atoms. The van der Waals surface area contributed by atoms with Crippen molar-refractivity contribution in [3.05, 3.63) is 46.9 Å². The Morgan fingerprint density at radius 2 is 2.21 bits per heavy atom. The first-order valence-electron chi connectivity index (χ1n) is 5.48. The molecular formula is C13H8ClNO4. The fourth-order valence-corrected chi connectivity index (χ4v) is 2.07. The van der Waals surface area contributed by atoms with Crippen molar-refractivity contribution in [2.24, 2.45) is 0 Å². The maximum absolute atomic E-state index is 12.2. The second kappa shape index (κ2) is 4.44. The summed E-state index contributed by atoms with van der Waals surface area (Å²) in [5.41, 5.74) is 1.17. The number of benzene rings is 1. The average Bonchev–Trinajstić information content (AvgIpc) is 2.91. The van der Waals surface area contributed by atoms with Crippen LogP contribution in [-0.4, -0.2) is 18.3 Å². The molecule has 0 fully saturated rings. The summed E-state index contributed by atoms with van der Waals surface area (Å²) in [5.74, 6) is -0.0876. The summed E-state index contributed by atoms with van der Waals surface area (Å²) in [4.78, 5) is 23.4. The normalized spacial score (nSPS) is 13.4. The van der Waals surface area contributed by atoms with Crippen LogP contribution in [0.15, 0.2) is 35.1 Å². The summed E-state index contributed by atoms with van der Waals surface area (Å²) >= 11 is 6.06. The van der Waals surface area contributed by atoms with Crippen LogP contribution in [0.4, 0.5) is 5.69 Å². The maximum Gasteiger partial charge on any atom is 0.262 e. The van der Waals surface area contributed by atoms with Crippen molar-refractivity contribution in [2.75, 3.05) is 11.9 Å². The Morgan fingerprint density at radius 3 is 2.95 bits per heavy atom. The summed E-state index contributed by atoms with van der Waals surface area (Å²) < 4.78 is 10.1. The van der Waals surface area contributed by atoms with Crippen LogP contribution in [0.25, 0.3) is 0 Å². The molecule has 3 rings (SSSR count). The van der Waals surface area contributed by atoms with E-state index in [-0.39, 0.29) is 23.3 Å². The van der Waals surface area contributed by atoms with Gasteiger partial charge in [-0.05, 0) is 18.2 Å². The molecule has 1 aliphatic rings. The molecule has 0 saturated heterocycles. The third-order valence-corrected chi connectivity index (χ3v) is 3.04. The minimum atomic E-state index is -0.262. The van der Waals surface area contributed by atoms with Crippen molar-refractivity contribution in [1.82, 2.24) is 0 Å². The maximum atomic E-state index is 12.2. The lowest BCUT2D eigenvalue weighted by molar-refractivity contribution is -0.118. The van der Waals surface area contributed by atoms with E-state index in [1.165, 1.54) is 24.7 Å². The van der Waals surface area contributed by atoms with E-state index in [4.69, 9.17) is 20.8 Å². The number of nitrogens with one attached hydrogen (secondary N) is 1. The molecule has 0 atom stereocenters. The number of hydrogen-bond acceptors (Lipinski definition) is 4. The zero-order valence-electron chi connectivity index (χ0n) is 9.60. The molecule has 1 aliphatic heterocycles. The van der Waals surface area contributed by atoms with Gasteiger partial charge in [0, 0.05) is 5.56 Å². The number of furan rings is 1. The molecule has 6 heteroatoms. The predicted octanol–water partition coefficient (Wildman–Crippen LogP) is 2.49. The summed E-state index contributed by atoms with van der Waals surface area (Å²) in [6, 6.07) is 4.58. The summed E-state index contributed by atoms with van der Waals surface area (Å²) in [6.45, 7) is -0.0754. The van der Waals surface area contributed by atoms with Gasteiger partial charge in [0.15, 0.2) is 12.4 Å². The Bertz CT molecular complexity index is 664. The van der Waals surface area contributed by atoms with Crippen molar-refractivity contribution in [2.45, 2.75) is 0 Å². The number of carbonyl (C=O) groups is 2. The quantitative estimate of drug-likeness (QED) is 0.856. The number of halogens is 1. The van der Waals surface area contributed by atoms with Crippen LogP contribution in [0.5, 0.6) is 5.75 Å². The minimum Gasteiger partial charge on any atom is -0.482 e. The lowest BCUT2D eigenvalue weighted by Gasteiger charge is -2.19. The van der Waals surface area contributed by atoms with Gasteiger partial charge in [0.25, 0.3) is 5.91 Å². The van der Waals surface area contributed by atoms with Gasteiger partial charge in [-0.1, -0.05) is 11.6 Å². The highest BCUT2D eigenvalue weighted by atomic mass is 35.5. The molecule has 0 saturated carbocycles. The van der Waals surface area contributed by atoms with E-state index < -0.39 is 0 Å². The summed E-state index contributed by atoms with van der Waals surface area (Å²) in [7, 11) is 0. The molecule has 0 unspecified atom stereocenters. The van der Waals surface area contributed by atoms with Gasteiger partial charge in [-0.2, -0.15) is 0 Å². The SMILES string of the molecule is O=C1COc2cc(C(=O)c3ccoc3)c(Cl)cc2N1. The van der Waals surface area contributed by atoms with Gasteiger partial charge in [-0.3, -0.25) is 9.59 Å². The number of ether oxygens (including phenoxy) is 1. The van der Waals surface area contributed by atoms with Crippen molar-refractivity contribution in [1.29, 1.82) is 0 Å². The van der Waals surface area contributed by atoms with Crippen LogP contribution in [0.1, 0.15) is 15.9 Å². The van der Waals surface area contributed by atoms with Gasteiger partial charge < -0.3 is 14.5 Å². The van der Waals surface area contributed by atoms with Gasteiger partial charge in [-0.25, -0.2) is 0 Å². The van der Waals surface area contributed by atoms with E-state index in [9.17, 15) is 9.59 Å². The van der Waals surface area contributed by atoms with E-state index >= 15 is 0 Å². The van der Waals surface area contributed by atoms with E-state index in [0.717, 1.165) is 0 Å². The van der Waals surface area contributed by atoms with E-state index in [2.05, 4.69) is 5.32 Å². The molecule has 19 heavy (non-hydrogen) atoms. The summed E-state index contributed by atoms with van der Waals surface area (Å²) in [5, 5.41) is 2.87. The van der Waals surface area contributed by atoms with E-state index in [1.54, 1.807) is 6.07 Å². The molecular weight excluding hydrogens is 270 g/mol. The molecule has 1 amide bonds. The Morgan fingerprint density at radius 1 is 1.37 bits per heavy atom. The average molecular weight is 278 g/mol. The zero-order valence-corrected chi connectivity index (χ0v) is 10.4. The molecule has 2 aromatic rings. The van der Waals surface area contributed by atoms with Crippen molar-refractivity contribution in [3.63, 3.8) is 0 Å². The predicted molar refractivity (Wildman–Crippen MR) is 67.7 cm³/mol. The van der Waals surface area contributed by atoms with Crippen LogP contribution >= 0.6 is 11.6 Å². The highest BCUT2D eigenvalue weighted by molar-refractivity contribution is 6.35. The first kappa shape index (κ1) is 11.8. The lowest BCUT2D eigenvalue weighted by Crippen LogP contribution is -2.25. The van der Waals surface area contributed by atoms with Crippen LogP contribution in [0.2, 0.25) is 5.02 Å². The molecule has 0 radical (unpaired) electrons. The molecule has 2 heterocycles. The van der Waals surface area contributed by atoms with Gasteiger partial charge in [0.2, 0.25) is 0 Å². The van der Waals surface area contributed by atoms with Gasteiger partial charge in [0.05, 0.1) is 22.5 Å². The van der Waals surface area contributed by atoms with E-state index in [1.807, 2.05) is 0 Å². The van der Waals surface area contributed by atoms with Crippen molar-refractivity contribution >= 4 is 29.0 Å². The standard InChI is InChI=1S/C13H8ClNO4/c14-9-4-10-11(19-6-12(16)15-10)3-8(9)13(17)7-1-2-18-5-7/h1-5H,6H2,(H,15,16). The van der Waals surface area contributed by atoms with E-state index in [0.29, 0.717) is 22.6 Å². The third kappa shape index (κ3) is 2.08. The molecule has 0 aliphatic carbocycles. The van der Waals surface area contributed by atoms with Crippen LogP contribution in [0.3, 0.4) is 0 Å². The number of ketones is 1. The fraction of sp³-hybridized carbons (Fsp3) is 0.0769. The molecule has 5 nitrogen and oxygen atoms in total. The Balaban J connectivity index is 2.04. The monoisotopic (exact) mass is 277 g/mol. The Labute approximate surface area is 113 Å². The smallest absolute Gasteiger partial charge is 0.262 e. The molecule has 96 valence electrons. The number of rotatable bonds is 2. The van der Waals surface area contributed by atoms with Crippen molar-refractivity contribution < 1.29 is 18.7 Å². The Kier molecular flexibility index (Phi) is 2.76. The number of hydrogen-bond donors (Lipinski definition) is 1. The lowest BCUT2D eigenvalue weighted by atomic mass is 10.0. The van der Waals surface area contributed by atoms with Crippen molar-refractivity contribution in [3.8, 4) is 5.75 Å². The first-order chi connectivity index (χ1) is 9.15. The van der Waals surface area contributed by atoms with Gasteiger partial charge in [-0.15, -0.1) is 0 Å². The number of anilines is 1. The number of carbonyl (C=O) groups excluding carboxylic acids is 2. The molecule has 1 aromatic carbocycles. The summed E-state index contributed by atoms with van der Waals surface area (Å²) in [6.07, 6.45) is 2.76. The van der Waals surface area contributed by atoms with Crippen LogP contribution < -0.4 is 10.1 Å². The van der Waals surface area contributed by atoms with Gasteiger partial charge >= 0.3 is 0 Å². The van der Waals surface area contributed by atoms with Crippen LogP contribution in [0, 0.1) is 0 Å². The Hall–Kier alpha value is -2.27. The number of amides is 1. The molecule has 0 bridgehead atoms. The number of fused-ring (bicyclic) bond motifs is 1. The zero-order chi connectivity index (χ0) is 13.4. The van der Waals surface area contributed by atoms with Gasteiger partial charge in [0.1, 0.15) is 12.0 Å². The second-order valence-corrected chi connectivity index (χ2v) is 4.41. The highest BCUT2D eigenvalue weighted by Gasteiger charge is 2.21. The minimum absolute atomic E-state index is 0.0754. The fourth-order valence-electron chi connectivity index (χ4n) is 1.82. The topological polar surface area (TPSA) is 68.5 Å². The first-order valence-corrected chi connectivity index (χ1v) is 5.86. The molecule has 1 N–H and O–H groups in total. The second-order valence-electron chi connectivity index (χ2n) is 4.01. The largest absolute Gasteiger partial charge is 0.482 e. The third-order valence-electron chi connectivity index (χ3n) is 2.73.